The molecule has 0 aliphatic carbocycles. The van der Waals surface area contributed by atoms with Crippen LogP contribution in [0.15, 0.2) is 30.3 Å². The first-order valence-electron chi connectivity index (χ1n) is 7.64. The van der Waals surface area contributed by atoms with Crippen LogP contribution in [0.4, 0.5) is 0 Å². The summed E-state index contributed by atoms with van der Waals surface area (Å²) in [4.78, 5) is 14.5. The van der Waals surface area contributed by atoms with Gasteiger partial charge < -0.3 is 9.64 Å². The van der Waals surface area contributed by atoms with E-state index in [1.165, 1.54) is 5.56 Å². The van der Waals surface area contributed by atoms with Crippen LogP contribution in [-0.4, -0.2) is 37.1 Å². The van der Waals surface area contributed by atoms with E-state index < -0.39 is 0 Å². The third kappa shape index (κ3) is 2.73. The lowest BCUT2D eigenvalue weighted by molar-refractivity contribution is -0.133. The highest BCUT2D eigenvalue weighted by atomic mass is 16.5. The molecule has 1 aromatic rings. The Kier molecular flexibility index (Phi) is 4.06. The summed E-state index contributed by atoms with van der Waals surface area (Å²) in [6, 6.07) is 10.8. The van der Waals surface area contributed by atoms with Gasteiger partial charge in [0.1, 0.15) is 0 Å². The van der Waals surface area contributed by atoms with E-state index in [-0.39, 0.29) is 5.92 Å². The number of hydrogen-bond donors (Lipinski definition) is 0. The van der Waals surface area contributed by atoms with E-state index >= 15 is 0 Å². The first-order chi connectivity index (χ1) is 9.75. The molecule has 0 saturated carbocycles. The summed E-state index contributed by atoms with van der Waals surface area (Å²) in [6.45, 7) is 1.64. The minimum Gasteiger partial charge on any atom is -0.381 e. The minimum atomic E-state index is 0.220. The fourth-order valence-corrected chi connectivity index (χ4v) is 3.61. The van der Waals surface area contributed by atoms with Crippen molar-refractivity contribution in [3.63, 3.8) is 0 Å². The smallest absolute Gasteiger partial charge is 0.226 e. The molecule has 3 nitrogen and oxygen atoms in total. The van der Waals surface area contributed by atoms with E-state index in [4.69, 9.17) is 4.74 Å². The fraction of sp³-hybridized carbons (Fsp3) is 0.588. The van der Waals surface area contributed by atoms with Gasteiger partial charge in [-0.3, -0.25) is 4.79 Å². The molecule has 2 aliphatic rings. The van der Waals surface area contributed by atoms with Crippen LogP contribution in [0.5, 0.6) is 0 Å². The number of rotatable bonds is 3. The average Bonchev–Trinajstić information content (AvgIpc) is 2.78. The van der Waals surface area contributed by atoms with Crippen LogP contribution in [0, 0.1) is 11.8 Å². The molecular formula is C17H23NO2. The minimum absolute atomic E-state index is 0.220. The summed E-state index contributed by atoms with van der Waals surface area (Å²) >= 11 is 0. The van der Waals surface area contributed by atoms with Crippen molar-refractivity contribution in [3.05, 3.63) is 35.9 Å². The molecule has 0 spiro atoms. The lowest BCUT2D eigenvalue weighted by Crippen LogP contribution is -2.33. The van der Waals surface area contributed by atoms with E-state index in [1.54, 1.807) is 0 Å². The van der Waals surface area contributed by atoms with Crippen LogP contribution in [0.25, 0.3) is 0 Å². The average molecular weight is 273 g/mol. The van der Waals surface area contributed by atoms with Crippen molar-refractivity contribution < 1.29 is 9.53 Å². The number of likely N-dealkylation sites (tertiary alicyclic amines) is 1. The van der Waals surface area contributed by atoms with Gasteiger partial charge in [-0.05, 0) is 37.2 Å². The van der Waals surface area contributed by atoms with Crippen molar-refractivity contribution in [1.82, 2.24) is 4.90 Å². The molecular weight excluding hydrogens is 250 g/mol. The largest absolute Gasteiger partial charge is 0.381 e. The van der Waals surface area contributed by atoms with Crippen LogP contribution in [0.2, 0.25) is 0 Å². The summed E-state index contributed by atoms with van der Waals surface area (Å²) in [5.74, 6) is 1.09. The van der Waals surface area contributed by atoms with E-state index in [1.807, 2.05) is 18.0 Å². The first kappa shape index (κ1) is 13.6. The Hall–Kier alpha value is -1.35. The molecule has 3 heteroatoms. The number of likely N-dealkylation sites (N-methyl/N-ethyl adjacent to an activating group) is 1. The Morgan fingerprint density at radius 2 is 1.90 bits per heavy atom. The number of hydrogen-bond acceptors (Lipinski definition) is 2. The second-order valence-corrected chi connectivity index (χ2v) is 6.08. The van der Waals surface area contributed by atoms with Crippen molar-refractivity contribution in [3.8, 4) is 0 Å². The van der Waals surface area contributed by atoms with Gasteiger partial charge in [0, 0.05) is 32.2 Å². The lowest BCUT2D eigenvalue weighted by atomic mass is 9.83. The number of nitrogens with zero attached hydrogens (tertiary/aromatic N) is 1. The maximum absolute atomic E-state index is 12.5. The number of carbonyl (C=O) groups excluding carboxylic acids is 1. The van der Waals surface area contributed by atoms with Gasteiger partial charge >= 0.3 is 0 Å². The standard InChI is InChI=1S/C17H23NO2/c1-18-15(11-13-5-3-2-4-6-13)12-16(17(18)19)14-7-9-20-10-8-14/h2-6,14-16H,7-12H2,1H3/t15-,16?/m0/s1. The van der Waals surface area contributed by atoms with Gasteiger partial charge in [-0.2, -0.15) is 0 Å². The monoisotopic (exact) mass is 273 g/mol. The second-order valence-electron chi connectivity index (χ2n) is 6.08. The van der Waals surface area contributed by atoms with E-state index in [0.717, 1.165) is 38.9 Å². The highest BCUT2D eigenvalue weighted by Gasteiger charge is 2.41. The molecule has 0 bridgehead atoms. The molecule has 1 aromatic carbocycles. The number of benzene rings is 1. The summed E-state index contributed by atoms with van der Waals surface area (Å²) < 4.78 is 5.42. The predicted molar refractivity (Wildman–Crippen MR) is 78.4 cm³/mol. The summed E-state index contributed by atoms with van der Waals surface area (Å²) in [5, 5.41) is 0. The maximum atomic E-state index is 12.5. The number of ether oxygens (including phenoxy) is 1. The highest BCUT2D eigenvalue weighted by Crippen LogP contribution is 2.35. The first-order valence-corrected chi connectivity index (χ1v) is 7.64. The summed E-state index contributed by atoms with van der Waals surface area (Å²) in [6.07, 6.45) is 4.07. The van der Waals surface area contributed by atoms with Crippen molar-refractivity contribution in [2.75, 3.05) is 20.3 Å². The molecule has 1 amide bonds. The molecule has 2 saturated heterocycles. The van der Waals surface area contributed by atoms with Gasteiger partial charge in [0.2, 0.25) is 5.91 Å². The molecule has 2 aliphatic heterocycles. The number of amides is 1. The second kappa shape index (κ2) is 5.96. The van der Waals surface area contributed by atoms with Crippen LogP contribution in [-0.2, 0) is 16.0 Å². The zero-order chi connectivity index (χ0) is 13.9. The van der Waals surface area contributed by atoms with E-state index in [9.17, 15) is 4.79 Å². The van der Waals surface area contributed by atoms with Gasteiger partial charge in [0.25, 0.3) is 0 Å². The van der Waals surface area contributed by atoms with Crippen molar-refractivity contribution in [1.29, 1.82) is 0 Å². The zero-order valence-electron chi connectivity index (χ0n) is 12.1. The summed E-state index contributed by atoms with van der Waals surface area (Å²) in [7, 11) is 1.97. The molecule has 2 heterocycles. The Labute approximate surface area is 120 Å². The Bertz CT molecular complexity index is 453. The van der Waals surface area contributed by atoms with Crippen LogP contribution in [0.3, 0.4) is 0 Å². The van der Waals surface area contributed by atoms with Gasteiger partial charge in [0.15, 0.2) is 0 Å². The molecule has 20 heavy (non-hydrogen) atoms. The van der Waals surface area contributed by atoms with Gasteiger partial charge in [-0.25, -0.2) is 0 Å². The maximum Gasteiger partial charge on any atom is 0.226 e. The number of carbonyl (C=O) groups is 1. The van der Waals surface area contributed by atoms with Crippen LogP contribution < -0.4 is 0 Å². The topological polar surface area (TPSA) is 29.5 Å². The Balaban J connectivity index is 1.67. The van der Waals surface area contributed by atoms with E-state index in [0.29, 0.717) is 17.9 Å². The fourth-order valence-electron chi connectivity index (χ4n) is 3.61. The molecule has 0 aromatic heterocycles. The molecule has 2 atom stereocenters. The SMILES string of the molecule is CN1C(=O)C(C2CCOCC2)C[C@@H]1Cc1ccccc1. The summed E-state index contributed by atoms with van der Waals surface area (Å²) in [5.41, 5.74) is 1.32. The van der Waals surface area contributed by atoms with Gasteiger partial charge in [-0.1, -0.05) is 30.3 Å². The van der Waals surface area contributed by atoms with Crippen LogP contribution in [0.1, 0.15) is 24.8 Å². The zero-order valence-corrected chi connectivity index (χ0v) is 12.1. The molecule has 2 fully saturated rings. The van der Waals surface area contributed by atoms with Crippen LogP contribution >= 0.6 is 0 Å². The molecule has 108 valence electrons. The van der Waals surface area contributed by atoms with Gasteiger partial charge in [-0.15, -0.1) is 0 Å². The van der Waals surface area contributed by atoms with Crippen molar-refractivity contribution in [2.24, 2.45) is 11.8 Å². The molecule has 0 N–H and O–H groups in total. The highest BCUT2D eigenvalue weighted by molar-refractivity contribution is 5.81. The molecule has 0 radical (unpaired) electrons. The third-order valence-electron chi connectivity index (χ3n) is 4.89. The Morgan fingerprint density at radius 1 is 1.20 bits per heavy atom. The van der Waals surface area contributed by atoms with Gasteiger partial charge in [0.05, 0.1) is 0 Å². The molecule has 3 rings (SSSR count). The Morgan fingerprint density at radius 3 is 2.60 bits per heavy atom. The third-order valence-corrected chi connectivity index (χ3v) is 4.89. The van der Waals surface area contributed by atoms with E-state index in [2.05, 4.69) is 24.3 Å². The lowest BCUT2D eigenvalue weighted by Gasteiger charge is -2.26. The molecule has 1 unspecified atom stereocenters. The quantitative estimate of drug-likeness (QED) is 0.847. The van der Waals surface area contributed by atoms with Crippen molar-refractivity contribution in [2.45, 2.75) is 31.7 Å². The van der Waals surface area contributed by atoms with Crippen molar-refractivity contribution >= 4 is 5.91 Å². The normalized spacial score (nSPS) is 28.1. The predicted octanol–water partition coefficient (Wildman–Crippen LogP) is 2.50.